The first kappa shape index (κ1) is 22.6. The second-order valence-electron chi connectivity index (χ2n) is 11.0. The van der Waals surface area contributed by atoms with Crippen LogP contribution in [0.5, 0.6) is 0 Å². The molecule has 0 N–H and O–H groups in total. The third kappa shape index (κ3) is 3.25. The number of anilines is 3. The largest absolute Gasteiger partial charge is 0.310 e. The van der Waals surface area contributed by atoms with E-state index in [1.165, 1.54) is 64.6 Å². The zero-order chi connectivity index (χ0) is 26.1. The Kier molecular flexibility index (Phi) is 4.80. The molecule has 8 rings (SSSR count). The van der Waals surface area contributed by atoms with Gasteiger partial charge in [0.05, 0.1) is 5.69 Å². The van der Waals surface area contributed by atoms with Crippen molar-refractivity contribution in [3.05, 3.63) is 139 Å². The zero-order valence-corrected chi connectivity index (χ0v) is 22.8. The van der Waals surface area contributed by atoms with E-state index in [4.69, 9.17) is 0 Å². The topological polar surface area (TPSA) is 3.24 Å². The molecule has 0 saturated carbocycles. The average Bonchev–Trinajstić information content (AvgIpc) is 3.47. The molecule has 0 aliphatic heterocycles. The first-order valence-corrected chi connectivity index (χ1v) is 14.4. The molecule has 39 heavy (non-hydrogen) atoms. The van der Waals surface area contributed by atoms with Crippen LogP contribution in [0.4, 0.5) is 17.1 Å². The monoisotopic (exact) mass is 517 g/mol. The van der Waals surface area contributed by atoms with Crippen LogP contribution in [0.15, 0.2) is 127 Å². The van der Waals surface area contributed by atoms with Gasteiger partial charge in [-0.2, -0.15) is 0 Å². The fourth-order valence-electron chi connectivity index (χ4n) is 6.56. The van der Waals surface area contributed by atoms with Gasteiger partial charge in [0.2, 0.25) is 0 Å². The van der Waals surface area contributed by atoms with Gasteiger partial charge < -0.3 is 4.90 Å². The quantitative estimate of drug-likeness (QED) is 0.225. The lowest BCUT2D eigenvalue weighted by atomic mass is 9.82. The Morgan fingerprint density at radius 3 is 2.03 bits per heavy atom. The Balaban J connectivity index is 1.45. The molecule has 0 fully saturated rings. The predicted molar refractivity (Wildman–Crippen MR) is 169 cm³/mol. The molecule has 0 spiro atoms. The molecule has 1 aromatic heterocycles. The maximum atomic E-state index is 2.45. The van der Waals surface area contributed by atoms with Crippen LogP contribution in [0.3, 0.4) is 0 Å². The van der Waals surface area contributed by atoms with E-state index < -0.39 is 0 Å². The van der Waals surface area contributed by atoms with E-state index in [0.717, 1.165) is 5.69 Å². The van der Waals surface area contributed by atoms with Crippen LogP contribution in [0.2, 0.25) is 0 Å². The van der Waals surface area contributed by atoms with Gasteiger partial charge in [-0.25, -0.2) is 0 Å². The van der Waals surface area contributed by atoms with Gasteiger partial charge in [0.25, 0.3) is 0 Å². The highest BCUT2D eigenvalue weighted by molar-refractivity contribution is 7.26. The summed E-state index contributed by atoms with van der Waals surface area (Å²) in [4.78, 5) is 2.45. The van der Waals surface area contributed by atoms with Crippen molar-refractivity contribution >= 4 is 59.3 Å². The summed E-state index contributed by atoms with van der Waals surface area (Å²) in [6.07, 6.45) is 0. The van der Waals surface area contributed by atoms with Gasteiger partial charge >= 0.3 is 0 Å². The summed E-state index contributed by atoms with van der Waals surface area (Å²) in [5, 5.41) is 5.21. The molecular formula is C37H27NS. The number of para-hydroxylation sites is 1. The van der Waals surface area contributed by atoms with Crippen LogP contribution in [-0.2, 0) is 5.41 Å². The first-order chi connectivity index (χ1) is 19.1. The van der Waals surface area contributed by atoms with Gasteiger partial charge in [-0.15, -0.1) is 11.3 Å². The van der Waals surface area contributed by atoms with Gasteiger partial charge in [0, 0.05) is 47.7 Å². The number of hydrogen-bond donors (Lipinski definition) is 0. The molecule has 7 aromatic rings. The molecule has 6 aromatic carbocycles. The molecular weight excluding hydrogens is 490 g/mol. The molecule has 0 amide bonds. The summed E-state index contributed by atoms with van der Waals surface area (Å²) in [5.41, 5.74) is 9.01. The minimum Gasteiger partial charge on any atom is -0.310 e. The molecule has 1 aliphatic rings. The van der Waals surface area contributed by atoms with Crippen LogP contribution in [0, 0.1) is 0 Å². The fraction of sp³-hybridized carbons (Fsp3) is 0.0811. The van der Waals surface area contributed by atoms with Crippen molar-refractivity contribution in [2.45, 2.75) is 19.3 Å². The lowest BCUT2D eigenvalue weighted by molar-refractivity contribution is 0.660. The fourth-order valence-corrected chi connectivity index (χ4v) is 7.79. The van der Waals surface area contributed by atoms with E-state index in [2.05, 4.69) is 146 Å². The van der Waals surface area contributed by atoms with E-state index in [-0.39, 0.29) is 5.41 Å². The first-order valence-electron chi connectivity index (χ1n) is 13.5. The van der Waals surface area contributed by atoms with Crippen LogP contribution >= 0.6 is 11.3 Å². The Morgan fingerprint density at radius 1 is 0.513 bits per heavy atom. The zero-order valence-electron chi connectivity index (χ0n) is 22.0. The maximum Gasteiger partial charge on any atom is 0.0547 e. The van der Waals surface area contributed by atoms with Crippen LogP contribution in [-0.4, -0.2) is 0 Å². The van der Waals surface area contributed by atoms with Gasteiger partial charge in [-0.05, 0) is 58.7 Å². The highest BCUT2D eigenvalue weighted by Gasteiger charge is 2.35. The Morgan fingerprint density at radius 2 is 1.18 bits per heavy atom. The Hall–Kier alpha value is -4.40. The van der Waals surface area contributed by atoms with Crippen LogP contribution in [0.25, 0.3) is 42.1 Å². The predicted octanol–water partition coefficient (Wildman–Crippen LogP) is 11.0. The number of benzene rings is 6. The summed E-state index contributed by atoms with van der Waals surface area (Å²) in [6, 6.07) is 46.8. The molecule has 1 nitrogen and oxygen atoms in total. The molecule has 0 saturated heterocycles. The Labute approximate surface area is 232 Å². The van der Waals surface area contributed by atoms with Crippen molar-refractivity contribution in [3.63, 3.8) is 0 Å². The van der Waals surface area contributed by atoms with Crippen molar-refractivity contribution < 1.29 is 0 Å². The van der Waals surface area contributed by atoms with E-state index in [1.807, 2.05) is 11.3 Å². The van der Waals surface area contributed by atoms with Crippen molar-refractivity contribution in [1.82, 2.24) is 0 Å². The lowest BCUT2D eigenvalue weighted by Crippen LogP contribution is -2.15. The molecule has 0 unspecified atom stereocenters. The van der Waals surface area contributed by atoms with Crippen molar-refractivity contribution in [2.75, 3.05) is 4.90 Å². The highest BCUT2D eigenvalue weighted by Crippen LogP contribution is 2.51. The summed E-state index contributed by atoms with van der Waals surface area (Å²) >= 11 is 1.89. The van der Waals surface area contributed by atoms with E-state index in [1.54, 1.807) is 0 Å². The lowest BCUT2D eigenvalue weighted by Gasteiger charge is -2.28. The molecule has 2 heteroatoms. The summed E-state index contributed by atoms with van der Waals surface area (Å²) in [7, 11) is 0. The van der Waals surface area contributed by atoms with Gasteiger partial charge in [-0.1, -0.05) is 105 Å². The Bertz CT molecular complexity index is 2050. The van der Waals surface area contributed by atoms with E-state index >= 15 is 0 Å². The van der Waals surface area contributed by atoms with Gasteiger partial charge in [0.15, 0.2) is 0 Å². The van der Waals surface area contributed by atoms with E-state index in [0.29, 0.717) is 0 Å². The standard InChI is InChI=1S/C37H27NS/c1-37(2)32-18-10-8-14-26(32)30-22-25(20-21-33(30)37)38(24-12-4-3-5-13-24)34-23-31-28-16-9-11-19-35(28)39-36(31)29-17-7-6-15-27(29)34/h3-23H,1-2H3. The molecule has 0 bridgehead atoms. The van der Waals surface area contributed by atoms with Crippen LogP contribution in [0.1, 0.15) is 25.0 Å². The smallest absolute Gasteiger partial charge is 0.0547 e. The minimum absolute atomic E-state index is 0.0107. The second kappa shape index (κ2) is 8.30. The SMILES string of the molecule is CC1(C)c2ccccc2-c2cc(N(c3ccccc3)c3cc4c5ccccc5sc4c4ccccc34)ccc21. The summed E-state index contributed by atoms with van der Waals surface area (Å²) in [5.74, 6) is 0. The van der Waals surface area contributed by atoms with Crippen molar-refractivity contribution in [2.24, 2.45) is 0 Å². The number of hydrogen-bond acceptors (Lipinski definition) is 2. The number of fused-ring (bicyclic) bond motifs is 8. The maximum absolute atomic E-state index is 2.45. The summed E-state index contributed by atoms with van der Waals surface area (Å²) < 4.78 is 2.69. The second-order valence-corrected chi connectivity index (χ2v) is 12.0. The van der Waals surface area contributed by atoms with Crippen molar-refractivity contribution in [1.29, 1.82) is 0 Å². The van der Waals surface area contributed by atoms with E-state index in [9.17, 15) is 0 Å². The third-order valence-corrected chi connectivity index (χ3v) is 9.66. The molecule has 0 radical (unpaired) electrons. The van der Waals surface area contributed by atoms with Crippen molar-refractivity contribution in [3.8, 4) is 11.1 Å². The van der Waals surface area contributed by atoms with Gasteiger partial charge in [0.1, 0.15) is 0 Å². The average molecular weight is 518 g/mol. The molecule has 0 atom stereocenters. The normalized spacial score (nSPS) is 13.6. The third-order valence-electron chi connectivity index (χ3n) is 8.44. The molecule has 1 heterocycles. The summed E-state index contributed by atoms with van der Waals surface area (Å²) in [6.45, 7) is 4.69. The molecule has 186 valence electrons. The number of rotatable bonds is 3. The van der Waals surface area contributed by atoms with Crippen LogP contribution < -0.4 is 4.90 Å². The van der Waals surface area contributed by atoms with Gasteiger partial charge in [-0.3, -0.25) is 0 Å². The number of nitrogens with zero attached hydrogens (tertiary/aromatic N) is 1. The highest BCUT2D eigenvalue weighted by atomic mass is 32.1. The molecule has 1 aliphatic carbocycles. The minimum atomic E-state index is -0.0107. The number of thiophene rings is 1.